The van der Waals surface area contributed by atoms with Crippen molar-refractivity contribution in [3.8, 4) is 0 Å². The predicted octanol–water partition coefficient (Wildman–Crippen LogP) is 4.71. The molecule has 0 unspecified atom stereocenters. The highest BCUT2D eigenvalue weighted by Crippen LogP contribution is 2.28. The van der Waals surface area contributed by atoms with Crippen LogP contribution in [0.15, 0.2) is 35.1 Å². The van der Waals surface area contributed by atoms with Gasteiger partial charge in [0.25, 0.3) is 5.56 Å². The third-order valence-corrected chi connectivity index (χ3v) is 7.01. The van der Waals surface area contributed by atoms with Gasteiger partial charge in [0.2, 0.25) is 5.91 Å². The van der Waals surface area contributed by atoms with E-state index in [-0.39, 0.29) is 17.4 Å². The second-order valence-corrected chi connectivity index (χ2v) is 9.19. The van der Waals surface area contributed by atoms with Crippen LogP contribution in [0.4, 0.5) is 0 Å². The van der Waals surface area contributed by atoms with E-state index >= 15 is 0 Å². The maximum absolute atomic E-state index is 13.3. The number of benzene rings is 1. The number of rotatable bonds is 5. The van der Waals surface area contributed by atoms with Crippen molar-refractivity contribution in [1.29, 1.82) is 0 Å². The molecular weight excluding hydrogens is 382 g/mol. The van der Waals surface area contributed by atoms with E-state index in [0.29, 0.717) is 24.3 Å². The van der Waals surface area contributed by atoms with Crippen LogP contribution in [0.5, 0.6) is 0 Å². The van der Waals surface area contributed by atoms with Gasteiger partial charge in [-0.25, -0.2) is 4.98 Å². The number of aryl methyl sites for hydroxylation is 2. The number of aromatic nitrogens is 2. The van der Waals surface area contributed by atoms with Crippen LogP contribution in [0.2, 0.25) is 0 Å². The molecule has 0 bridgehead atoms. The van der Waals surface area contributed by atoms with Gasteiger partial charge in [0.05, 0.1) is 11.9 Å². The summed E-state index contributed by atoms with van der Waals surface area (Å²) in [5, 5.41) is 0.671. The molecule has 6 heteroatoms. The van der Waals surface area contributed by atoms with Crippen molar-refractivity contribution in [2.45, 2.75) is 59.0 Å². The summed E-state index contributed by atoms with van der Waals surface area (Å²) in [5.41, 5.74) is 1.96. The van der Waals surface area contributed by atoms with Crippen molar-refractivity contribution in [3.05, 3.63) is 62.5 Å². The Morgan fingerprint density at radius 3 is 2.59 bits per heavy atom. The molecule has 1 fully saturated rings. The Balaban J connectivity index is 1.64. The van der Waals surface area contributed by atoms with Crippen LogP contribution in [0.1, 0.15) is 53.9 Å². The third kappa shape index (κ3) is 4.27. The van der Waals surface area contributed by atoms with E-state index in [1.54, 1.807) is 11.3 Å². The van der Waals surface area contributed by atoms with Crippen molar-refractivity contribution < 1.29 is 4.79 Å². The van der Waals surface area contributed by atoms with Gasteiger partial charge in [-0.3, -0.25) is 9.59 Å². The number of amides is 1. The first-order chi connectivity index (χ1) is 14.0. The molecule has 1 N–H and O–H groups in total. The number of hydrogen-bond donors (Lipinski definition) is 1. The second-order valence-electron chi connectivity index (χ2n) is 7.99. The van der Waals surface area contributed by atoms with Gasteiger partial charge in [0.15, 0.2) is 0 Å². The van der Waals surface area contributed by atoms with Gasteiger partial charge in [0, 0.05) is 17.3 Å². The van der Waals surface area contributed by atoms with Crippen LogP contribution in [0, 0.1) is 19.8 Å². The Morgan fingerprint density at radius 2 is 1.86 bits per heavy atom. The standard InChI is InChI=1S/C23H27N3O2S/c1-15-16(2)29-22-20(15)21(27)24-19(25-22)14-26(13-17-9-5-3-6-10-17)23(28)18-11-7-4-8-12-18/h3,5-6,9-10,18H,4,7-8,11-14H2,1-2H3,(H,24,25,27). The van der Waals surface area contributed by atoms with Gasteiger partial charge in [-0.2, -0.15) is 0 Å². The zero-order valence-corrected chi connectivity index (χ0v) is 17.8. The monoisotopic (exact) mass is 409 g/mol. The van der Waals surface area contributed by atoms with E-state index in [1.165, 1.54) is 6.42 Å². The molecular formula is C23H27N3O2S. The number of nitrogens with zero attached hydrogens (tertiary/aromatic N) is 2. The molecule has 152 valence electrons. The molecule has 4 rings (SSSR count). The fraction of sp³-hybridized carbons (Fsp3) is 0.435. The molecule has 2 aromatic heterocycles. The summed E-state index contributed by atoms with van der Waals surface area (Å²) in [6.45, 7) is 4.82. The summed E-state index contributed by atoms with van der Waals surface area (Å²) in [4.78, 5) is 37.3. The molecule has 1 aliphatic rings. The summed E-state index contributed by atoms with van der Waals surface area (Å²) < 4.78 is 0. The van der Waals surface area contributed by atoms with Crippen LogP contribution >= 0.6 is 11.3 Å². The minimum atomic E-state index is -0.114. The minimum absolute atomic E-state index is 0.0779. The lowest BCUT2D eigenvalue weighted by molar-refractivity contribution is -0.138. The summed E-state index contributed by atoms with van der Waals surface area (Å²) in [6.07, 6.45) is 5.35. The van der Waals surface area contributed by atoms with Crippen LogP contribution in [0.25, 0.3) is 10.2 Å². The summed E-state index contributed by atoms with van der Waals surface area (Å²) in [7, 11) is 0. The normalized spacial score (nSPS) is 15.0. The number of carbonyl (C=O) groups excluding carboxylic acids is 1. The molecule has 0 radical (unpaired) electrons. The Morgan fingerprint density at radius 1 is 1.14 bits per heavy atom. The molecule has 2 heterocycles. The van der Waals surface area contributed by atoms with Crippen molar-refractivity contribution in [2.75, 3.05) is 0 Å². The topological polar surface area (TPSA) is 66.1 Å². The van der Waals surface area contributed by atoms with E-state index in [4.69, 9.17) is 4.98 Å². The number of hydrogen-bond acceptors (Lipinski definition) is 4. The van der Waals surface area contributed by atoms with Gasteiger partial charge < -0.3 is 9.88 Å². The van der Waals surface area contributed by atoms with E-state index in [0.717, 1.165) is 46.5 Å². The van der Waals surface area contributed by atoms with Crippen LogP contribution in [-0.2, 0) is 17.9 Å². The highest BCUT2D eigenvalue weighted by molar-refractivity contribution is 7.18. The smallest absolute Gasteiger partial charge is 0.259 e. The van der Waals surface area contributed by atoms with Crippen molar-refractivity contribution >= 4 is 27.5 Å². The Labute approximate surface area is 174 Å². The first-order valence-corrected chi connectivity index (χ1v) is 11.2. The zero-order valence-electron chi connectivity index (χ0n) is 17.0. The second kappa shape index (κ2) is 8.49. The Kier molecular flexibility index (Phi) is 5.81. The minimum Gasteiger partial charge on any atom is -0.331 e. The number of fused-ring (bicyclic) bond motifs is 1. The van der Waals surface area contributed by atoms with Crippen molar-refractivity contribution in [3.63, 3.8) is 0 Å². The quantitative estimate of drug-likeness (QED) is 0.664. The highest BCUT2D eigenvalue weighted by Gasteiger charge is 2.27. The molecule has 1 amide bonds. The fourth-order valence-electron chi connectivity index (χ4n) is 4.18. The number of nitrogens with one attached hydrogen (secondary N) is 1. The maximum Gasteiger partial charge on any atom is 0.259 e. The zero-order chi connectivity index (χ0) is 20.4. The largest absolute Gasteiger partial charge is 0.331 e. The molecule has 0 saturated heterocycles. The number of carbonyl (C=O) groups is 1. The predicted molar refractivity (Wildman–Crippen MR) is 117 cm³/mol. The lowest BCUT2D eigenvalue weighted by atomic mass is 9.88. The highest BCUT2D eigenvalue weighted by atomic mass is 32.1. The van der Waals surface area contributed by atoms with E-state index in [1.807, 2.05) is 49.1 Å². The molecule has 0 spiro atoms. The lowest BCUT2D eigenvalue weighted by Gasteiger charge is -2.29. The molecule has 3 aromatic rings. The van der Waals surface area contributed by atoms with Gasteiger partial charge in [-0.05, 0) is 37.8 Å². The molecule has 5 nitrogen and oxygen atoms in total. The van der Waals surface area contributed by atoms with Gasteiger partial charge >= 0.3 is 0 Å². The number of aromatic amines is 1. The van der Waals surface area contributed by atoms with E-state index in [2.05, 4.69) is 4.98 Å². The average molecular weight is 410 g/mol. The van der Waals surface area contributed by atoms with E-state index in [9.17, 15) is 9.59 Å². The van der Waals surface area contributed by atoms with Gasteiger partial charge in [-0.15, -0.1) is 11.3 Å². The molecule has 1 saturated carbocycles. The van der Waals surface area contributed by atoms with Crippen LogP contribution < -0.4 is 5.56 Å². The maximum atomic E-state index is 13.3. The Hall–Kier alpha value is -2.47. The van der Waals surface area contributed by atoms with Gasteiger partial charge in [0.1, 0.15) is 10.7 Å². The lowest BCUT2D eigenvalue weighted by Crippen LogP contribution is -2.37. The third-order valence-electron chi connectivity index (χ3n) is 5.91. The Bertz CT molecular complexity index is 1060. The number of H-pyrrole nitrogens is 1. The van der Waals surface area contributed by atoms with E-state index < -0.39 is 0 Å². The molecule has 0 aliphatic heterocycles. The first-order valence-electron chi connectivity index (χ1n) is 10.3. The summed E-state index contributed by atoms with van der Waals surface area (Å²) in [5.74, 6) is 0.813. The first kappa shape index (κ1) is 19.8. The summed E-state index contributed by atoms with van der Waals surface area (Å²) in [6, 6.07) is 10.0. The molecule has 1 aliphatic carbocycles. The SMILES string of the molecule is Cc1sc2nc(CN(Cc3ccccc3)C(=O)C3CCCCC3)[nH]c(=O)c2c1C. The molecule has 1 aromatic carbocycles. The van der Waals surface area contributed by atoms with Crippen LogP contribution in [0.3, 0.4) is 0 Å². The van der Waals surface area contributed by atoms with Gasteiger partial charge in [-0.1, -0.05) is 49.6 Å². The van der Waals surface area contributed by atoms with Crippen molar-refractivity contribution in [1.82, 2.24) is 14.9 Å². The molecule has 29 heavy (non-hydrogen) atoms. The van der Waals surface area contributed by atoms with Crippen LogP contribution in [-0.4, -0.2) is 20.8 Å². The van der Waals surface area contributed by atoms with Crippen molar-refractivity contribution in [2.24, 2.45) is 5.92 Å². The summed E-state index contributed by atoms with van der Waals surface area (Å²) >= 11 is 1.54. The fourth-order valence-corrected chi connectivity index (χ4v) is 5.23. The average Bonchev–Trinajstić information content (AvgIpc) is 3.02. The number of thiophene rings is 1. The molecule has 0 atom stereocenters.